The van der Waals surface area contributed by atoms with E-state index in [0.717, 1.165) is 31.4 Å². The molecule has 2 aliphatic rings. The predicted molar refractivity (Wildman–Crippen MR) is 79.7 cm³/mol. The Kier molecular flexibility index (Phi) is 4.53. The second-order valence-electron chi connectivity index (χ2n) is 6.10. The molecule has 0 saturated carbocycles. The van der Waals surface area contributed by atoms with Gasteiger partial charge in [0.15, 0.2) is 0 Å². The van der Waals surface area contributed by atoms with E-state index in [-0.39, 0.29) is 18.0 Å². The van der Waals surface area contributed by atoms with Gasteiger partial charge in [0.25, 0.3) is 0 Å². The molecule has 0 unspecified atom stereocenters. The number of ether oxygens (including phenoxy) is 1. The highest BCUT2D eigenvalue weighted by atomic mass is 19.4. The maximum absolute atomic E-state index is 12.7. The molecule has 0 spiro atoms. The molecule has 0 aliphatic carbocycles. The first-order valence-electron chi connectivity index (χ1n) is 7.75. The van der Waals surface area contributed by atoms with Crippen molar-refractivity contribution in [3.05, 3.63) is 23.9 Å². The number of aromatic nitrogens is 1. The lowest BCUT2D eigenvalue weighted by Crippen LogP contribution is -2.61. The van der Waals surface area contributed by atoms with Crippen molar-refractivity contribution in [2.45, 2.75) is 12.3 Å². The van der Waals surface area contributed by atoms with Crippen molar-refractivity contribution in [1.29, 1.82) is 0 Å². The fourth-order valence-corrected chi connectivity index (χ4v) is 2.69. The van der Waals surface area contributed by atoms with Crippen molar-refractivity contribution in [2.75, 3.05) is 46.3 Å². The molecule has 3 heterocycles. The van der Waals surface area contributed by atoms with E-state index >= 15 is 0 Å². The average Bonchev–Trinajstić information content (AvgIpc) is 2.50. The van der Waals surface area contributed by atoms with Crippen molar-refractivity contribution < 1.29 is 22.7 Å². The van der Waals surface area contributed by atoms with Crippen LogP contribution in [0.25, 0.3) is 0 Å². The lowest BCUT2D eigenvalue weighted by atomic mass is 10.1. The Hall–Kier alpha value is -2.03. The van der Waals surface area contributed by atoms with Crippen molar-refractivity contribution in [2.24, 2.45) is 0 Å². The Morgan fingerprint density at radius 3 is 2.50 bits per heavy atom. The van der Waals surface area contributed by atoms with E-state index in [4.69, 9.17) is 4.74 Å². The molecule has 0 aromatic carbocycles. The fourth-order valence-electron chi connectivity index (χ4n) is 2.69. The maximum Gasteiger partial charge on any atom is 0.416 e. The predicted octanol–water partition coefficient (Wildman–Crippen LogP) is 1.53. The van der Waals surface area contributed by atoms with Gasteiger partial charge in [-0.2, -0.15) is 13.2 Å². The highest BCUT2D eigenvalue weighted by molar-refractivity contribution is 5.75. The summed E-state index contributed by atoms with van der Waals surface area (Å²) in [5.74, 6) is -0.0680. The van der Waals surface area contributed by atoms with Gasteiger partial charge in [0.1, 0.15) is 6.10 Å². The molecular formula is C15H19F3N4O2. The van der Waals surface area contributed by atoms with E-state index < -0.39 is 11.7 Å². The summed E-state index contributed by atoms with van der Waals surface area (Å²) in [6.45, 7) is 3.78. The summed E-state index contributed by atoms with van der Waals surface area (Å²) < 4.78 is 43.4. The number of carbonyl (C=O) groups excluding carboxylic acids is 1. The third-order valence-electron chi connectivity index (χ3n) is 4.24. The summed E-state index contributed by atoms with van der Waals surface area (Å²) >= 11 is 0. The summed E-state index contributed by atoms with van der Waals surface area (Å²) in [5.41, 5.74) is -0.794. The smallest absolute Gasteiger partial charge is 0.416 e. The molecule has 0 radical (unpaired) electrons. The largest absolute Gasteiger partial charge is 0.471 e. The van der Waals surface area contributed by atoms with E-state index in [1.165, 1.54) is 0 Å². The summed E-state index contributed by atoms with van der Waals surface area (Å²) in [7, 11) is 2.01. The van der Waals surface area contributed by atoms with Crippen molar-refractivity contribution in [3.8, 4) is 5.88 Å². The number of pyridine rings is 1. The molecule has 3 rings (SSSR count). The fraction of sp³-hybridized carbons (Fsp3) is 0.600. The first-order chi connectivity index (χ1) is 11.3. The standard InChI is InChI=1S/C15H19F3N4O2/c1-20-4-6-21(7-5-20)14(23)22-9-12(10-22)24-13-8-11(2-3-19-13)15(16,17)18/h2-3,8,12H,4-7,9-10H2,1H3. The number of hydrogen-bond acceptors (Lipinski definition) is 4. The van der Waals surface area contributed by atoms with E-state index in [1.54, 1.807) is 9.80 Å². The number of likely N-dealkylation sites (tertiary alicyclic amines) is 1. The van der Waals surface area contributed by atoms with Gasteiger partial charge in [-0.15, -0.1) is 0 Å². The molecule has 0 atom stereocenters. The first-order valence-corrected chi connectivity index (χ1v) is 7.75. The Morgan fingerprint density at radius 2 is 1.88 bits per heavy atom. The van der Waals surface area contributed by atoms with Crippen LogP contribution in [-0.2, 0) is 6.18 Å². The number of likely N-dealkylation sites (N-methyl/N-ethyl adjacent to an activating group) is 1. The molecule has 132 valence electrons. The lowest BCUT2D eigenvalue weighted by Gasteiger charge is -2.43. The van der Waals surface area contributed by atoms with Crippen LogP contribution < -0.4 is 4.74 Å². The second-order valence-corrected chi connectivity index (χ2v) is 6.10. The van der Waals surface area contributed by atoms with Crippen molar-refractivity contribution >= 4 is 6.03 Å². The minimum Gasteiger partial charge on any atom is -0.471 e. The lowest BCUT2D eigenvalue weighted by molar-refractivity contribution is -0.137. The van der Waals surface area contributed by atoms with Gasteiger partial charge in [0.05, 0.1) is 18.7 Å². The average molecular weight is 344 g/mol. The summed E-state index contributed by atoms with van der Waals surface area (Å²) in [6, 6.07) is 1.74. The van der Waals surface area contributed by atoms with Crippen molar-refractivity contribution in [3.63, 3.8) is 0 Å². The SMILES string of the molecule is CN1CCN(C(=O)N2CC(Oc3cc(C(F)(F)F)ccn3)C2)CC1. The topological polar surface area (TPSA) is 48.9 Å². The first kappa shape index (κ1) is 16.8. The van der Waals surface area contributed by atoms with Gasteiger partial charge < -0.3 is 19.4 Å². The van der Waals surface area contributed by atoms with Gasteiger partial charge in [-0.05, 0) is 13.1 Å². The van der Waals surface area contributed by atoms with Crippen LogP contribution in [0.15, 0.2) is 18.3 Å². The highest BCUT2D eigenvalue weighted by Crippen LogP contribution is 2.31. The van der Waals surface area contributed by atoms with Gasteiger partial charge in [-0.1, -0.05) is 0 Å². The molecule has 24 heavy (non-hydrogen) atoms. The number of halogens is 3. The van der Waals surface area contributed by atoms with Crippen LogP contribution in [0.1, 0.15) is 5.56 Å². The molecule has 2 fully saturated rings. The van der Waals surface area contributed by atoms with Crippen LogP contribution in [0.4, 0.5) is 18.0 Å². The molecule has 2 saturated heterocycles. The molecule has 1 aromatic heterocycles. The zero-order valence-electron chi connectivity index (χ0n) is 13.3. The number of alkyl halides is 3. The molecular weight excluding hydrogens is 325 g/mol. The van der Waals surface area contributed by atoms with Crippen LogP contribution in [0.5, 0.6) is 5.88 Å². The number of urea groups is 1. The van der Waals surface area contributed by atoms with E-state index in [2.05, 4.69) is 9.88 Å². The molecule has 2 amide bonds. The molecule has 1 aromatic rings. The summed E-state index contributed by atoms with van der Waals surface area (Å²) in [5, 5.41) is 0. The number of rotatable bonds is 2. The monoisotopic (exact) mass is 344 g/mol. The quantitative estimate of drug-likeness (QED) is 0.816. The zero-order chi connectivity index (χ0) is 17.3. The number of piperazine rings is 1. The van der Waals surface area contributed by atoms with Gasteiger partial charge in [-0.3, -0.25) is 0 Å². The van der Waals surface area contributed by atoms with Gasteiger partial charge in [-0.25, -0.2) is 9.78 Å². The van der Waals surface area contributed by atoms with Crippen LogP contribution in [-0.4, -0.2) is 78.1 Å². The number of nitrogens with zero attached hydrogens (tertiary/aromatic N) is 4. The Morgan fingerprint density at radius 1 is 1.21 bits per heavy atom. The molecule has 0 N–H and O–H groups in total. The normalized spacial score (nSPS) is 20.0. The summed E-state index contributed by atoms with van der Waals surface area (Å²) in [6.07, 6.45) is -3.67. The third kappa shape index (κ3) is 3.72. The molecule has 0 bridgehead atoms. The molecule has 9 heteroatoms. The van der Waals surface area contributed by atoms with Crippen LogP contribution >= 0.6 is 0 Å². The minimum atomic E-state index is -4.43. The third-order valence-corrected chi connectivity index (χ3v) is 4.24. The Bertz CT molecular complexity index is 597. The van der Waals surface area contributed by atoms with Crippen molar-refractivity contribution in [1.82, 2.24) is 19.7 Å². The van der Waals surface area contributed by atoms with E-state index in [9.17, 15) is 18.0 Å². The second kappa shape index (κ2) is 6.46. The Labute approximate surface area is 137 Å². The van der Waals surface area contributed by atoms with Crippen LogP contribution in [0, 0.1) is 0 Å². The zero-order valence-corrected chi connectivity index (χ0v) is 13.3. The Balaban J connectivity index is 1.50. The van der Waals surface area contributed by atoms with Gasteiger partial charge in [0.2, 0.25) is 5.88 Å². The number of hydrogen-bond donors (Lipinski definition) is 0. The van der Waals surface area contributed by atoms with E-state index in [0.29, 0.717) is 26.2 Å². The van der Waals surface area contributed by atoms with Crippen LogP contribution in [0.2, 0.25) is 0 Å². The minimum absolute atomic E-state index is 0.0417. The van der Waals surface area contributed by atoms with Gasteiger partial charge >= 0.3 is 12.2 Å². The number of amides is 2. The van der Waals surface area contributed by atoms with Gasteiger partial charge in [0, 0.05) is 38.4 Å². The summed E-state index contributed by atoms with van der Waals surface area (Å²) in [4.78, 5) is 21.7. The molecule has 6 nitrogen and oxygen atoms in total. The van der Waals surface area contributed by atoms with Crippen LogP contribution in [0.3, 0.4) is 0 Å². The number of carbonyl (C=O) groups is 1. The highest BCUT2D eigenvalue weighted by Gasteiger charge is 2.36. The maximum atomic E-state index is 12.7. The van der Waals surface area contributed by atoms with E-state index in [1.807, 2.05) is 7.05 Å². The molecule has 2 aliphatic heterocycles.